The summed E-state index contributed by atoms with van der Waals surface area (Å²) in [5.74, 6) is -0.215. The number of ether oxygens (including phenoxy) is 1. The number of nitriles is 1. The average molecular weight is 239 g/mol. The van der Waals surface area contributed by atoms with Gasteiger partial charge in [-0.2, -0.15) is 5.26 Å². The number of carbonyl (C=O) groups is 1. The van der Waals surface area contributed by atoms with Crippen LogP contribution in [0.2, 0.25) is 0 Å². The van der Waals surface area contributed by atoms with E-state index in [0.29, 0.717) is 39.1 Å². The number of carbonyl (C=O) groups excluding carboxylic acids is 1. The molecule has 1 amide bonds. The molecular formula is C12H21N3O2. The zero-order chi connectivity index (χ0) is 12.9. The van der Waals surface area contributed by atoms with Crippen LogP contribution in [0, 0.1) is 17.2 Å². The van der Waals surface area contributed by atoms with Crippen LogP contribution in [0.25, 0.3) is 0 Å². The lowest BCUT2D eigenvalue weighted by atomic mass is 9.89. The van der Waals surface area contributed by atoms with E-state index in [1.54, 1.807) is 4.90 Å². The van der Waals surface area contributed by atoms with Crippen LogP contribution in [-0.4, -0.2) is 42.6 Å². The zero-order valence-corrected chi connectivity index (χ0v) is 10.6. The molecule has 0 aliphatic carbocycles. The lowest BCUT2D eigenvalue weighted by Crippen LogP contribution is -2.58. The molecule has 1 aliphatic rings. The Morgan fingerprint density at radius 1 is 1.59 bits per heavy atom. The molecule has 0 aromatic rings. The third-order valence-corrected chi connectivity index (χ3v) is 3.19. The fraction of sp³-hybridized carbons (Fsp3) is 0.833. The second-order valence-corrected chi connectivity index (χ2v) is 4.64. The van der Waals surface area contributed by atoms with Crippen molar-refractivity contribution in [3.63, 3.8) is 0 Å². The van der Waals surface area contributed by atoms with Crippen LogP contribution in [-0.2, 0) is 9.53 Å². The van der Waals surface area contributed by atoms with Crippen molar-refractivity contribution in [2.75, 3.05) is 26.3 Å². The van der Waals surface area contributed by atoms with Gasteiger partial charge in [0.25, 0.3) is 0 Å². The van der Waals surface area contributed by atoms with Gasteiger partial charge in [-0.3, -0.25) is 4.79 Å². The molecule has 0 bridgehead atoms. The molecule has 1 unspecified atom stereocenters. The molecule has 5 nitrogen and oxygen atoms in total. The van der Waals surface area contributed by atoms with Gasteiger partial charge in [0.05, 0.1) is 17.5 Å². The van der Waals surface area contributed by atoms with Crippen molar-refractivity contribution in [3.8, 4) is 6.07 Å². The van der Waals surface area contributed by atoms with Crippen LogP contribution >= 0.6 is 0 Å². The normalized spacial score (nSPS) is 20.4. The summed E-state index contributed by atoms with van der Waals surface area (Å²) in [6.45, 7) is 5.82. The highest BCUT2D eigenvalue weighted by Gasteiger charge is 2.38. The molecule has 0 radical (unpaired) electrons. The SMILES string of the molecule is CCN(CC(C)C#N)C(=O)C1(N)CCOCC1. The summed E-state index contributed by atoms with van der Waals surface area (Å²) in [5, 5.41) is 8.80. The van der Waals surface area contributed by atoms with Crippen molar-refractivity contribution in [2.45, 2.75) is 32.2 Å². The maximum Gasteiger partial charge on any atom is 0.242 e. The Balaban J connectivity index is 2.68. The molecule has 1 rings (SSSR count). The molecule has 1 aliphatic heterocycles. The van der Waals surface area contributed by atoms with Gasteiger partial charge in [-0.1, -0.05) is 0 Å². The first-order valence-corrected chi connectivity index (χ1v) is 6.09. The Labute approximate surface area is 103 Å². The minimum absolute atomic E-state index is 0.0506. The highest BCUT2D eigenvalue weighted by Crippen LogP contribution is 2.21. The second kappa shape index (κ2) is 5.99. The minimum Gasteiger partial charge on any atom is -0.381 e. The molecule has 1 saturated heterocycles. The van der Waals surface area contributed by atoms with Crippen molar-refractivity contribution < 1.29 is 9.53 Å². The molecule has 1 atom stereocenters. The number of hydrogen-bond donors (Lipinski definition) is 1. The van der Waals surface area contributed by atoms with E-state index in [4.69, 9.17) is 15.7 Å². The number of nitrogens with two attached hydrogens (primary N) is 1. The molecule has 96 valence electrons. The van der Waals surface area contributed by atoms with Crippen molar-refractivity contribution in [1.29, 1.82) is 5.26 Å². The van der Waals surface area contributed by atoms with E-state index in [0.717, 1.165) is 0 Å². The molecule has 2 N–H and O–H groups in total. The highest BCUT2D eigenvalue weighted by atomic mass is 16.5. The van der Waals surface area contributed by atoms with Crippen LogP contribution in [0.3, 0.4) is 0 Å². The lowest BCUT2D eigenvalue weighted by molar-refractivity contribution is -0.140. The first-order valence-electron chi connectivity index (χ1n) is 6.09. The standard InChI is InChI=1S/C12H21N3O2/c1-3-15(9-10(2)8-13)11(16)12(14)4-6-17-7-5-12/h10H,3-7,9,14H2,1-2H3. The van der Waals surface area contributed by atoms with Gasteiger partial charge in [-0.25, -0.2) is 0 Å². The van der Waals surface area contributed by atoms with Gasteiger partial charge in [0.2, 0.25) is 5.91 Å². The molecular weight excluding hydrogens is 218 g/mol. The molecule has 17 heavy (non-hydrogen) atoms. The van der Waals surface area contributed by atoms with Gasteiger partial charge in [0, 0.05) is 26.3 Å². The van der Waals surface area contributed by atoms with E-state index < -0.39 is 5.54 Å². The van der Waals surface area contributed by atoms with Crippen LogP contribution in [0.1, 0.15) is 26.7 Å². The number of nitrogens with zero attached hydrogens (tertiary/aromatic N) is 2. The smallest absolute Gasteiger partial charge is 0.242 e. The lowest BCUT2D eigenvalue weighted by Gasteiger charge is -2.36. The molecule has 1 fully saturated rings. The van der Waals surface area contributed by atoms with Crippen molar-refractivity contribution in [3.05, 3.63) is 0 Å². The summed E-state index contributed by atoms with van der Waals surface area (Å²) in [5.41, 5.74) is 5.34. The summed E-state index contributed by atoms with van der Waals surface area (Å²) in [7, 11) is 0. The second-order valence-electron chi connectivity index (χ2n) is 4.64. The Kier molecular flexibility index (Phi) is 4.91. The third kappa shape index (κ3) is 3.42. The monoisotopic (exact) mass is 239 g/mol. The number of rotatable bonds is 4. The van der Waals surface area contributed by atoms with Crippen LogP contribution in [0.5, 0.6) is 0 Å². The molecule has 0 saturated carbocycles. The first kappa shape index (κ1) is 13.9. The van der Waals surface area contributed by atoms with Gasteiger partial charge in [0.1, 0.15) is 0 Å². The number of amides is 1. The predicted octanol–water partition coefficient (Wildman–Crippen LogP) is 0.502. The summed E-state index contributed by atoms with van der Waals surface area (Å²) >= 11 is 0. The topological polar surface area (TPSA) is 79.4 Å². The van der Waals surface area contributed by atoms with Gasteiger partial charge >= 0.3 is 0 Å². The van der Waals surface area contributed by atoms with Crippen LogP contribution in [0.4, 0.5) is 0 Å². The van der Waals surface area contributed by atoms with Crippen LogP contribution < -0.4 is 5.73 Å². The summed E-state index contributed by atoms with van der Waals surface area (Å²) in [4.78, 5) is 14.0. The summed E-state index contributed by atoms with van der Waals surface area (Å²) in [6.07, 6.45) is 1.12. The van der Waals surface area contributed by atoms with Gasteiger partial charge in [0.15, 0.2) is 0 Å². The summed E-state index contributed by atoms with van der Waals surface area (Å²) < 4.78 is 5.23. The molecule has 1 heterocycles. The first-order chi connectivity index (χ1) is 8.03. The van der Waals surface area contributed by atoms with Crippen molar-refractivity contribution >= 4 is 5.91 Å². The van der Waals surface area contributed by atoms with E-state index in [1.807, 2.05) is 13.8 Å². The fourth-order valence-corrected chi connectivity index (χ4v) is 1.99. The average Bonchev–Trinajstić information content (AvgIpc) is 2.35. The Morgan fingerprint density at radius 2 is 2.18 bits per heavy atom. The van der Waals surface area contributed by atoms with E-state index in [2.05, 4.69) is 6.07 Å². The minimum atomic E-state index is -0.802. The predicted molar refractivity (Wildman–Crippen MR) is 64.0 cm³/mol. The molecule has 0 aromatic heterocycles. The Morgan fingerprint density at radius 3 is 2.65 bits per heavy atom. The van der Waals surface area contributed by atoms with E-state index >= 15 is 0 Å². The summed E-state index contributed by atoms with van der Waals surface area (Å²) in [6, 6.07) is 2.14. The van der Waals surface area contributed by atoms with E-state index in [9.17, 15) is 4.79 Å². The molecule has 0 spiro atoms. The zero-order valence-electron chi connectivity index (χ0n) is 10.6. The van der Waals surface area contributed by atoms with E-state index in [1.165, 1.54) is 0 Å². The Bertz CT molecular complexity index is 305. The van der Waals surface area contributed by atoms with Gasteiger partial charge in [-0.15, -0.1) is 0 Å². The highest BCUT2D eigenvalue weighted by molar-refractivity contribution is 5.86. The van der Waals surface area contributed by atoms with E-state index in [-0.39, 0.29) is 11.8 Å². The van der Waals surface area contributed by atoms with Gasteiger partial charge < -0.3 is 15.4 Å². The largest absolute Gasteiger partial charge is 0.381 e. The van der Waals surface area contributed by atoms with Crippen molar-refractivity contribution in [1.82, 2.24) is 4.90 Å². The Hall–Kier alpha value is -1.12. The third-order valence-electron chi connectivity index (χ3n) is 3.19. The van der Waals surface area contributed by atoms with Crippen LogP contribution in [0.15, 0.2) is 0 Å². The fourth-order valence-electron chi connectivity index (χ4n) is 1.99. The van der Waals surface area contributed by atoms with Crippen molar-refractivity contribution in [2.24, 2.45) is 11.7 Å². The number of likely N-dealkylation sites (N-methyl/N-ethyl adjacent to an activating group) is 1. The molecule has 0 aromatic carbocycles. The molecule has 5 heteroatoms. The van der Waals surface area contributed by atoms with Gasteiger partial charge in [-0.05, 0) is 26.7 Å². The maximum absolute atomic E-state index is 12.3. The quantitative estimate of drug-likeness (QED) is 0.775. The number of hydrogen-bond acceptors (Lipinski definition) is 4. The maximum atomic E-state index is 12.3.